The molecule has 0 aliphatic heterocycles. The third-order valence-electron chi connectivity index (χ3n) is 6.58. The van der Waals surface area contributed by atoms with E-state index in [0.717, 1.165) is 59.6 Å². The summed E-state index contributed by atoms with van der Waals surface area (Å²) in [4.78, 5) is 5.49. The van der Waals surface area contributed by atoms with Gasteiger partial charge in [0.2, 0.25) is 0 Å². The minimum atomic E-state index is -0.856. The molecule has 6 heteroatoms. The summed E-state index contributed by atoms with van der Waals surface area (Å²) in [5.74, 6) is 0.908. The summed E-state index contributed by atoms with van der Waals surface area (Å²) in [5.41, 5.74) is 2.41. The van der Waals surface area contributed by atoms with Gasteiger partial charge in [-0.05, 0) is 74.8 Å². The van der Waals surface area contributed by atoms with E-state index in [2.05, 4.69) is 35.5 Å². The van der Waals surface area contributed by atoms with E-state index < -0.39 is 5.60 Å². The van der Waals surface area contributed by atoms with Crippen LogP contribution in [0.15, 0.2) is 48.7 Å². The molecule has 1 saturated carbocycles. The molecule has 1 fully saturated rings. The number of halogens is 1. The number of nitrogens with zero attached hydrogens (tertiary/aromatic N) is 1. The molecule has 5 nitrogen and oxygen atoms in total. The van der Waals surface area contributed by atoms with Gasteiger partial charge in [-0.2, -0.15) is 0 Å². The third kappa shape index (κ3) is 4.75. The van der Waals surface area contributed by atoms with Crippen molar-refractivity contribution in [3.8, 4) is 5.75 Å². The Bertz CT molecular complexity index is 1030. The summed E-state index contributed by atoms with van der Waals surface area (Å²) < 4.78 is 5.41. The van der Waals surface area contributed by atoms with Crippen LogP contribution in [0.4, 0.5) is 0 Å². The fourth-order valence-corrected chi connectivity index (χ4v) is 5.10. The van der Waals surface area contributed by atoms with Crippen LogP contribution >= 0.6 is 11.6 Å². The second kappa shape index (κ2) is 9.21. The molecule has 2 aromatic carbocycles. The van der Waals surface area contributed by atoms with E-state index in [4.69, 9.17) is 16.3 Å². The lowest BCUT2D eigenvalue weighted by atomic mass is 9.69. The normalized spacial score (nSPS) is 24.1. The van der Waals surface area contributed by atoms with Gasteiger partial charge in [-0.25, -0.2) is 0 Å². The molecule has 1 aliphatic rings. The highest BCUT2D eigenvalue weighted by Gasteiger charge is 2.43. The first-order valence-electron chi connectivity index (χ1n) is 10.9. The molecule has 0 radical (unpaired) electrons. The number of aliphatic hydroxyl groups is 1. The number of aromatic amines is 1. The van der Waals surface area contributed by atoms with Crippen LogP contribution in [0.25, 0.3) is 10.9 Å². The van der Waals surface area contributed by atoms with Crippen LogP contribution in [0.1, 0.15) is 30.4 Å². The van der Waals surface area contributed by atoms with Gasteiger partial charge in [0, 0.05) is 47.2 Å². The number of H-pyrrole nitrogens is 1. The van der Waals surface area contributed by atoms with Crippen molar-refractivity contribution in [2.24, 2.45) is 5.92 Å². The second-order valence-corrected chi connectivity index (χ2v) is 9.41. The quantitative estimate of drug-likeness (QED) is 0.504. The fourth-order valence-electron chi connectivity index (χ4n) is 4.93. The molecular weight excluding hydrogens is 410 g/mol. The molecule has 0 spiro atoms. The molecule has 0 amide bonds. The summed E-state index contributed by atoms with van der Waals surface area (Å²) in [6.07, 6.45) is 4.60. The average molecular weight is 442 g/mol. The lowest BCUT2D eigenvalue weighted by molar-refractivity contribution is -0.0694. The molecule has 0 bridgehead atoms. The van der Waals surface area contributed by atoms with Crippen LogP contribution in [0.3, 0.4) is 0 Å². The van der Waals surface area contributed by atoms with Gasteiger partial charge in [0.05, 0.1) is 12.7 Å². The van der Waals surface area contributed by atoms with Gasteiger partial charge in [0.15, 0.2) is 0 Å². The predicted octanol–water partition coefficient (Wildman–Crippen LogP) is 4.54. The number of rotatable bonds is 7. The lowest BCUT2D eigenvalue weighted by Gasteiger charge is -2.45. The summed E-state index contributed by atoms with van der Waals surface area (Å²) in [5, 5.41) is 17.4. The van der Waals surface area contributed by atoms with E-state index in [1.54, 1.807) is 7.11 Å². The summed E-state index contributed by atoms with van der Waals surface area (Å²) in [7, 11) is 5.80. The zero-order chi connectivity index (χ0) is 22.0. The first kappa shape index (κ1) is 22.2. The zero-order valence-corrected chi connectivity index (χ0v) is 19.2. The number of hydrogen-bond acceptors (Lipinski definition) is 4. The molecule has 0 saturated heterocycles. The van der Waals surface area contributed by atoms with Crippen molar-refractivity contribution in [3.05, 3.63) is 64.8 Å². The van der Waals surface area contributed by atoms with Crippen LogP contribution in [0.2, 0.25) is 5.02 Å². The second-order valence-electron chi connectivity index (χ2n) is 8.97. The van der Waals surface area contributed by atoms with Crippen LogP contribution in [-0.4, -0.2) is 48.8 Å². The maximum atomic E-state index is 11.8. The number of hydrogen-bond donors (Lipinski definition) is 3. The van der Waals surface area contributed by atoms with Crippen molar-refractivity contribution in [3.63, 3.8) is 0 Å². The first-order chi connectivity index (χ1) is 14.9. The van der Waals surface area contributed by atoms with Crippen molar-refractivity contribution < 1.29 is 9.84 Å². The fraction of sp³-hybridized carbons (Fsp3) is 0.440. The summed E-state index contributed by atoms with van der Waals surface area (Å²) in [6, 6.07) is 14.2. The highest BCUT2D eigenvalue weighted by molar-refractivity contribution is 6.31. The molecule has 3 aromatic rings. The van der Waals surface area contributed by atoms with Gasteiger partial charge >= 0.3 is 0 Å². The maximum Gasteiger partial charge on any atom is 0.119 e. The highest BCUT2D eigenvalue weighted by atomic mass is 35.5. The van der Waals surface area contributed by atoms with E-state index in [-0.39, 0.29) is 5.92 Å². The molecular formula is C25H32ClN3O2. The van der Waals surface area contributed by atoms with Crippen molar-refractivity contribution >= 4 is 22.5 Å². The van der Waals surface area contributed by atoms with Crippen LogP contribution < -0.4 is 10.1 Å². The number of fused-ring (bicyclic) bond motifs is 1. The Hall–Kier alpha value is -2.05. The van der Waals surface area contributed by atoms with E-state index >= 15 is 0 Å². The number of nitrogens with one attached hydrogen (secondary N) is 2. The molecule has 1 heterocycles. The summed E-state index contributed by atoms with van der Waals surface area (Å²) in [6.45, 7) is 1.60. The van der Waals surface area contributed by atoms with Gasteiger partial charge in [0.25, 0.3) is 0 Å². The molecule has 4 rings (SSSR count). The molecule has 31 heavy (non-hydrogen) atoms. The van der Waals surface area contributed by atoms with E-state index in [9.17, 15) is 5.11 Å². The van der Waals surface area contributed by atoms with Gasteiger partial charge in [0.1, 0.15) is 5.75 Å². The lowest BCUT2D eigenvalue weighted by Crippen LogP contribution is -2.49. The SMILES string of the molecule is COc1cccc(C2(O)CCC(NCc3c[nH]c4ccc(Cl)cc34)CC2CN(C)C)c1. The van der Waals surface area contributed by atoms with E-state index in [0.29, 0.717) is 6.04 Å². The van der Waals surface area contributed by atoms with Gasteiger partial charge < -0.3 is 25.0 Å². The minimum absolute atomic E-state index is 0.123. The minimum Gasteiger partial charge on any atom is -0.497 e. The largest absolute Gasteiger partial charge is 0.497 e. The Morgan fingerprint density at radius 2 is 2.10 bits per heavy atom. The van der Waals surface area contributed by atoms with Crippen molar-refractivity contribution in [1.82, 2.24) is 15.2 Å². The van der Waals surface area contributed by atoms with Gasteiger partial charge in [-0.3, -0.25) is 0 Å². The number of benzene rings is 2. The predicted molar refractivity (Wildman–Crippen MR) is 127 cm³/mol. The Kier molecular flexibility index (Phi) is 6.58. The molecule has 1 aliphatic carbocycles. The van der Waals surface area contributed by atoms with Crippen LogP contribution in [-0.2, 0) is 12.1 Å². The molecule has 3 atom stereocenters. The number of ether oxygens (including phenoxy) is 1. The van der Waals surface area contributed by atoms with Crippen LogP contribution in [0.5, 0.6) is 5.75 Å². The van der Waals surface area contributed by atoms with E-state index in [1.807, 2.05) is 42.5 Å². The Balaban J connectivity index is 1.50. The molecule has 3 N–H and O–H groups in total. The van der Waals surface area contributed by atoms with Crippen molar-refractivity contribution in [1.29, 1.82) is 0 Å². The molecule has 3 unspecified atom stereocenters. The molecule has 1 aromatic heterocycles. The standard InChI is InChI=1S/C25H32ClN3O2/c1-29(2)16-19-11-21(9-10-25(19,30)18-5-4-6-22(12-18)31-3)27-14-17-15-28-24-8-7-20(26)13-23(17)24/h4-8,12-13,15,19,21,27-28,30H,9-11,14,16H2,1-3H3. The first-order valence-corrected chi connectivity index (χ1v) is 11.3. The van der Waals surface area contributed by atoms with Gasteiger partial charge in [-0.15, -0.1) is 0 Å². The average Bonchev–Trinajstić information content (AvgIpc) is 3.16. The maximum absolute atomic E-state index is 11.8. The Labute approximate surface area is 189 Å². The Morgan fingerprint density at radius 3 is 2.87 bits per heavy atom. The third-order valence-corrected chi connectivity index (χ3v) is 6.82. The van der Waals surface area contributed by atoms with Gasteiger partial charge in [-0.1, -0.05) is 23.7 Å². The van der Waals surface area contributed by atoms with Crippen LogP contribution in [0, 0.1) is 5.92 Å². The smallest absolute Gasteiger partial charge is 0.119 e. The monoisotopic (exact) mass is 441 g/mol. The topological polar surface area (TPSA) is 60.5 Å². The van der Waals surface area contributed by atoms with Crippen molar-refractivity contribution in [2.45, 2.75) is 37.5 Å². The zero-order valence-electron chi connectivity index (χ0n) is 18.5. The Morgan fingerprint density at radius 1 is 1.26 bits per heavy atom. The van der Waals surface area contributed by atoms with Crippen molar-refractivity contribution in [2.75, 3.05) is 27.7 Å². The number of aromatic nitrogens is 1. The highest BCUT2D eigenvalue weighted by Crippen LogP contribution is 2.43. The summed E-state index contributed by atoms with van der Waals surface area (Å²) >= 11 is 6.20. The van der Waals surface area contributed by atoms with E-state index in [1.165, 1.54) is 5.56 Å². The number of methoxy groups -OCH3 is 1. The molecule has 166 valence electrons.